The average molecular weight is 759 g/mol. The summed E-state index contributed by atoms with van der Waals surface area (Å²) in [5.41, 5.74) is 2.30. The SMILES string of the molecule is COc1ccc([C@H](Cc2c(Cl)c[n+]([O-])cc2Cl)c2cc(CNC(C(=O)OCC3CCN(C)CC3)c3ccccc3OC)sc2C(=O)O)cc1OC. The largest absolute Gasteiger partial charge is 0.619 e. The zero-order valence-corrected chi connectivity index (χ0v) is 31.1. The molecule has 1 aliphatic rings. The van der Waals surface area contributed by atoms with Gasteiger partial charge in [0.25, 0.3) is 0 Å². The summed E-state index contributed by atoms with van der Waals surface area (Å²) in [6.07, 6.45) is 4.48. The maximum Gasteiger partial charge on any atom is 0.346 e. The van der Waals surface area contributed by atoms with E-state index in [2.05, 4.69) is 17.3 Å². The summed E-state index contributed by atoms with van der Waals surface area (Å²) in [5.74, 6) is -0.386. The number of methoxy groups -OCH3 is 3. The molecule has 0 spiro atoms. The Hall–Kier alpha value is -4.07. The molecule has 0 saturated carbocycles. The van der Waals surface area contributed by atoms with Crippen LogP contribution in [0.5, 0.6) is 17.2 Å². The van der Waals surface area contributed by atoms with Crippen LogP contribution in [0.25, 0.3) is 0 Å². The van der Waals surface area contributed by atoms with Crippen LogP contribution in [0.4, 0.5) is 0 Å². The predicted octanol–water partition coefficient (Wildman–Crippen LogP) is 6.50. The quantitative estimate of drug-likeness (QED) is 0.0787. The molecule has 5 rings (SSSR count). The van der Waals surface area contributed by atoms with E-state index in [0.29, 0.717) is 55.7 Å². The molecule has 14 heteroatoms. The lowest BCUT2D eigenvalue weighted by Crippen LogP contribution is -2.34. The third-order valence-corrected chi connectivity index (χ3v) is 10.9. The molecule has 0 bridgehead atoms. The van der Waals surface area contributed by atoms with Gasteiger partial charge in [-0.15, -0.1) is 11.3 Å². The highest BCUT2D eigenvalue weighted by atomic mass is 35.5. The number of pyridine rings is 1. The highest BCUT2D eigenvalue weighted by molar-refractivity contribution is 7.14. The van der Waals surface area contributed by atoms with E-state index in [1.54, 1.807) is 25.3 Å². The van der Waals surface area contributed by atoms with Gasteiger partial charge < -0.3 is 34.2 Å². The van der Waals surface area contributed by atoms with Gasteiger partial charge in [0.15, 0.2) is 23.9 Å². The van der Waals surface area contributed by atoms with Crippen molar-refractivity contribution in [1.82, 2.24) is 10.2 Å². The summed E-state index contributed by atoms with van der Waals surface area (Å²) in [5, 5.41) is 26.1. The van der Waals surface area contributed by atoms with Crippen LogP contribution in [0, 0.1) is 11.1 Å². The Morgan fingerprint density at radius 1 is 0.980 bits per heavy atom. The number of nitrogens with one attached hydrogen (secondary N) is 1. The van der Waals surface area contributed by atoms with Crippen molar-refractivity contribution in [1.29, 1.82) is 0 Å². The number of aromatic carboxylic acids is 1. The summed E-state index contributed by atoms with van der Waals surface area (Å²) < 4.78 is 23.0. The van der Waals surface area contributed by atoms with Gasteiger partial charge in [0.1, 0.15) is 26.7 Å². The molecule has 1 unspecified atom stereocenters. The second-order valence-corrected chi connectivity index (χ2v) is 14.3. The van der Waals surface area contributed by atoms with Crippen molar-refractivity contribution < 1.29 is 38.4 Å². The summed E-state index contributed by atoms with van der Waals surface area (Å²) in [4.78, 5) is 29.5. The van der Waals surface area contributed by atoms with Crippen LogP contribution < -0.4 is 24.3 Å². The van der Waals surface area contributed by atoms with Gasteiger partial charge in [0.2, 0.25) is 0 Å². The van der Waals surface area contributed by atoms with Crippen molar-refractivity contribution in [3.05, 3.63) is 108 Å². The first-order chi connectivity index (χ1) is 24.5. The lowest BCUT2D eigenvalue weighted by molar-refractivity contribution is -0.605. The zero-order valence-electron chi connectivity index (χ0n) is 28.8. The number of nitrogens with zero attached hydrogens (tertiary/aromatic N) is 2. The van der Waals surface area contributed by atoms with Crippen LogP contribution in [0.2, 0.25) is 10.0 Å². The Morgan fingerprint density at radius 2 is 1.65 bits per heavy atom. The molecule has 3 heterocycles. The predicted molar refractivity (Wildman–Crippen MR) is 196 cm³/mol. The minimum absolute atomic E-state index is 0.104. The van der Waals surface area contributed by atoms with Gasteiger partial charge in [-0.25, -0.2) is 9.59 Å². The number of piperidine rings is 1. The lowest BCUT2D eigenvalue weighted by atomic mass is 9.85. The number of carbonyl (C=O) groups is 2. The summed E-state index contributed by atoms with van der Waals surface area (Å²) >= 11 is 14.1. The maximum atomic E-state index is 13.7. The van der Waals surface area contributed by atoms with Gasteiger partial charge in [-0.2, -0.15) is 4.73 Å². The highest BCUT2D eigenvalue weighted by Crippen LogP contribution is 2.41. The second kappa shape index (κ2) is 17.4. The number of esters is 1. The van der Waals surface area contributed by atoms with Crippen molar-refractivity contribution >= 4 is 46.5 Å². The van der Waals surface area contributed by atoms with Crippen molar-refractivity contribution in [3.8, 4) is 17.2 Å². The van der Waals surface area contributed by atoms with Gasteiger partial charge >= 0.3 is 11.9 Å². The van der Waals surface area contributed by atoms with Crippen LogP contribution in [0.3, 0.4) is 0 Å². The van der Waals surface area contributed by atoms with E-state index in [1.807, 2.05) is 30.3 Å². The van der Waals surface area contributed by atoms with Gasteiger partial charge in [0, 0.05) is 28.5 Å². The number of aromatic nitrogens is 1. The van der Waals surface area contributed by atoms with Crippen LogP contribution >= 0.6 is 34.5 Å². The molecular weight excluding hydrogens is 717 g/mol. The third-order valence-electron chi connectivity index (χ3n) is 9.12. The molecule has 4 aromatic rings. The number of hydrogen-bond donors (Lipinski definition) is 2. The second-order valence-electron chi connectivity index (χ2n) is 12.4. The molecule has 0 aliphatic carbocycles. The van der Waals surface area contributed by atoms with Gasteiger partial charge in [-0.1, -0.05) is 47.5 Å². The molecule has 1 saturated heterocycles. The Balaban J connectivity index is 1.49. The zero-order chi connectivity index (χ0) is 36.7. The number of para-hydroxylation sites is 1. The van der Waals surface area contributed by atoms with Crippen LogP contribution in [-0.4, -0.2) is 70.0 Å². The fourth-order valence-electron chi connectivity index (χ4n) is 6.32. The number of likely N-dealkylation sites (tertiary alicyclic amines) is 1. The first-order valence-corrected chi connectivity index (χ1v) is 18.0. The number of hydrogen-bond acceptors (Lipinski definition) is 10. The molecule has 1 fully saturated rings. The third kappa shape index (κ3) is 9.24. The smallest absolute Gasteiger partial charge is 0.346 e. The number of rotatable bonds is 15. The first kappa shape index (κ1) is 38.2. The van der Waals surface area contributed by atoms with Crippen molar-refractivity contribution in [3.63, 3.8) is 0 Å². The number of carbonyl (C=O) groups excluding carboxylic acids is 1. The van der Waals surface area contributed by atoms with Crippen LogP contribution in [0.1, 0.15) is 61.6 Å². The highest BCUT2D eigenvalue weighted by Gasteiger charge is 2.30. The topological polar surface area (TPSA) is 134 Å². The molecule has 11 nitrogen and oxygen atoms in total. The van der Waals surface area contributed by atoms with Crippen molar-refractivity contribution in [2.45, 2.75) is 37.8 Å². The van der Waals surface area contributed by atoms with E-state index >= 15 is 0 Å². The molecule has 2 aromatic heterocycles. The van der Waals surface area contributed by atoms with Gasteiger partial charge in [-0.3, -0.25) is 5.32 Å². The number of halogens is 2. The molecule has 0 radical (unpaired) electrons. The molecule has 272 valence electrons. The Labute approximate surface area is 311 Å². The standard InChI is InChI=1S/C37H41Cl2N3O8S/c1-41-13-11-22(12-14-41)21-50-37(45)34(25-7-5-6-8-31(25)47-2)40-18-24-16-27(35(51-24)36(43)44)26(17-28-29(38)19-42(46)20-30(28)39)23-9-10-32(48-3)33(15-23)49-4/h5-10,15-16,19-20,22,26,34,40H,11-14,17-18,21H2,1-4H3,(H,43,44)/t26-,34?/m0/s1. The molecular formula is C37H41Cl2N3O8S. The molecule has 2 N–H and O–H groups in total. The van der Waals surface area contributed by atoms with Crippen molar-refractivity contribution in [2.24, 2.45) is 5.92 Å². The summed E-state index contributed by atoms with van der Waals surface area (Å²) in [6.45, 7) is 2.37. The summed E-state index contributed by atoms with van der Waals surface area (Å²) in [7, 11) is 6.67. The van der Waals surface area contributed by atoms with E-state index < -0.39 is 23.9 Å². The summed E-state index contributed by atoms with van der Waals surface area (Å²) in [6, 6.07) is 13.5. The minimum Gasteiger partial charge on any atom is -0.619 e. The number of carboxylic acids is 1. The lowest BCUT2D eigenvalue weighted by Gasteiger charge is -2.29. The Bertz CT molecular complexity index is 1820. The van der Waals surface area contributed by atoms with E-state index in [1.165, 1.54) is 26.6 Å². The number of thiophene rings is 1. The van der Waals surface area contributed by atoms with E-state index in [0.717, 1.165) is 37.3 Å². The molecule has 2 atom stereocenters. The normalized spacial score (nSPS) is 14.9. The number of ether oxygens (including phenoxy) is 4. The fourth-order valence-corrected chi connectivity index (χ4v) is 7.93. The molecule has 2 aromatic carbocycles. The Morgan fingerprint density at radius 3 is 2.29 bits per heavy atom. The number of benzene rings is 2. The van der Waals surface area contributed by atoms with Gasteiger partial charge in [-0.05, 0) is 80.7 Å². The average Bonchev–Trinajstić information content (AvgIpc) is 3.55. The Kier molecular flexibility index (Phi) is 13.0. The monoisotopic (exact) mass is 757 g/mol. The van der Waals surface area contributed by atoms with E-state index in [4.69, 9.17) is 42.1 Å². The van der Waals surface area contributed by atoms with Crippen molar-refractivity contribution in [2.75, 3.05) is 48.1 Å². The minimum atomic E-state index is -1.12. The van der Waals surface area contributed by atoms with Crippen LogP contribution in [-0.2, 0) is 22.5 Å². The van der Waals surface area contributed by atoms with Gasteiger partial charge in [0.05, 0.1) is 27.9 Å². The number of carboxylic acid groups (broad SMARTS) is 1. The van der Waals surface area contributed by atoms with E-state index in [-0.39, 0.29) is 33.8 Å². The molecule has 51 heavy (non-hydrogen) atoms. The molecule has 0 amide bonds. The molecule has 1 aliphatic heterocycles. The fraction of sp³-hybridized carbons (Fsp3) is 0.378. The van der Waals surface area contributed by atoms with Crippen LogP contribution in [0.15, 0.2) is 60.9 Å². The van der Waals surface area contributed by atoms with E-state index in [9.17, 15) is 19.9 Å². The first-order valence-electron chi connectivity index (χ1n) is 16.4. The maximum absolute atomic E-state index is 13.7.